The van der Waals surface area contributed by atoms with Crippen LogP contribution in [0.15, 0.2) is 81.9 Å². The highest BCUT2D eigenvalue weighted by Crippen LogP contribution is 2.51. The number of rotatable bonds is 4. The smallest absolute Gasteiger partial charge is 0.227 e. The maximum absolute atomic E-state index is 6.66. The number of aromatic nitrogens is 3. The summed E-state index contributed by atoms with van der Waals surface area (Å²) in [7, 11) is 1.67. The van der Waals surface area contributed by atoms with E-state index in [0.717, 1.165) is 43.9 Å². The Bertz CT molecular complexity index is 1450. The lowest BCUT2D eigenvalue weighted by molar-refractivity contribution is 0.223. The zero-order valence-corrected chi connectivity index (χ0v) is 22.0. The molecule has 0 aliphatic carbocycles. The molecule has 1 aromatic heterocycles. The minimum Gasteiger partial charge on any atom is -0.497 e. The summed E-state index contributed by atoms with van der Waals surface area (Å²) in [4.78, 5) is 4.74. The third-order valence-corrected chi connectivity index (χ3v) is 7.50. The van der Waals surface area contributed by atoms with Gasteiger partial charge in [0.05, 0.1) is 12.8 Å². The van der Waals surface area contributed by atoms with E-state index in [9.17, 15) is 0 Å². The van der Waals surface area contributed by atoms with Crippen molar-refractivity contribution < 1.29 is 9.47 Å². The molecule has 4 aromatic rings. The lowest BCUT2D eigenvalue weighted by atomic mass is 9.84. The molecule has 0 radical (unpaired) electrons. The minimum absolute atomic E-state index is 0.249. The number of anilines is 1. The Morgan fingerprint density at radius 2 is 1.80 bits per heavy atom. The normalized spacial score (nSPS) is 18.2. The Kier molecular flexibility index (Phi) is 5.75. The van der Waals surface area contributed by atoms with Crippen molar-refractivity contribution in [2.45, 2.75) is 17.3 Å². The SMILES string of the molecule is COc1ccc([C@@H]2C3=C(Nc4nc(SC)nn42)c2cc(Cl)ccc2O[C@H]3c2ccc(Br)cc2)cc1. The highest BCUT2D eigenvalue weighted by Gasteiger charge is 2.41. The van der Waals surface area contributed by atoms with Crippen LogP contribution in [-0.2, 0) is 0 Å². The third-order valence-electron chi connectivity index (χ3n) is 6.20. The van der Waals surface area contributed by atoms with Gasteiger partial charge in [-0.3, -0.25) is 0 Å². The second-order valence-corrected chi connectivity index (χ2v) is 10.3. The fourth-order valence-electron chi connectivity index (χ4n) is 4.59. The quantitative estimate of drug-likeness (QED) is 0.268. The molecule has 2 aliphatic heterocycles. The third kappa shape index (κ3) is 3.90. The monoisotopic (exact) mass is 566 g/mol. The van der Waals surface area contributed by atoms with Gasteiger partial charge in [0, 0.05) is 20.6 Å². The van der Waals surface area contributed by atoms with E-state index in [1.165, 1.54) is 11.8 Å². The highest BCUT2D eigenvalue weighted by molar-refractivity contribution is 9.10. The van der Waals surface area contributed by atoms with Crippen LogP contribution in [-0.4, -0.2) is 28.1 Å². The number of hydrogen-bond acceptors (Lipinski definition) is 6. The van der Waals surface area contributed by atoms with Crippen LogP contribution in [0.5, 0.6) is 11.5 Å². The number of halogens is 2. The van der Waals surface area contributed by atoms with Gasteiger partial charge in [-0.15, -0.1) is 5.10 Å². The zero-order valence-electron chi connectivity index (χ0n) is 18.8. The van der Waals surface area contributed by atoms with Crippen LogP contribution < -0.4 is 14.8 Å². The van der Waals surface area contributed by atoms with E-state index in [0.29, 0.717) is 16.1 Å². The Morgan fingerprint density at radius 3 is 2.51 bits per heavy atom. The van der Waals surface area contributed by atoms with Crippen molar-refractivity contribution in [3.63, 3.8) is 0 Å². The molecule has 6 nitrogen and oxygen atoms in total. The lowest BCUT2D eigenvalue weighted by Crippen LogP contribution is -2.32. The summed E-state index contributed by atoms with van der Waals surface area (Å²) < 4.78 is 15.0. The number of thioether (sulfide) groups is 1. The fourth-order valence-corrected chi connectivity index (χ4v) is 5.37. The summed E-state index contributed by atoms with van der Waals surface area (Å²) in [6, 6.07) is 21.7. The maximum Gasteiger partial charge on any atom is 0.227 e. The minimum atomic E-state index is -0.346. The molecule has 2 aliphatic rings. The highest BCUT2D eigenvalue weighted by atomic mass is 79.9. The predicted molar refractivity (Wildman–Crippen MR) is 142 cm³/mol. The van der Waals surface area contributed by atoms with Crippen molar-refractivity contribution in [3.05, 3.63) is 98.5 Å². The van der Waals surface area contributed by atoms with Crippen molar-refractivity contribution in [1.82, 2.24) is 14.8 Å². The van der Waals surface area contributed by atoms with Gasteiger partial charge in [-0.25, -0.2) is 4.68 Å². The van der Waals surface area contributed by atoms with Crippen LogP contribution in [0.4, 0.5) is 5.95 Å². The van der Waals surface area contributed by atoms with Gasteiger partial charge in [0.1, 0.15) is 23.6 Å². The van der Waals surface area contributed by atoms with Crippen LogP contribution >= 0.6 is 39.3 Å². The molecular weight excluding hydrogens is 548 g/mol. The van der Waals surface area contributed by atoms with Crippen LogP contribution in [0.25, 0.3) is 5.70 Å². The first-order valence-electron chi connectivity index (χ1n) is 10.9. The van der Waals surface area contributed by atoms with E-state index in [1.807, 2.05) is 53.4 Å². The molecule has 35 heavy (non-hydrogen) atoms. The first-order chi connectivity index (χ1) is 17.1. The number of fused-ring (bicyclic) bond motifs is 3. The van der Waals surface area contributed by atoms with Crippen molar-refractivity contribution >= 4 is 50.9 Å². The van der Waals surface area contributed by atoms with Gasteiger partial charge in [-0.05, 0) is 59.8 Å². The molecule has 3 heterocycles. The molecule has 0 unspecified atom stereocenters. The molecule has 1 N–H and O–H groups in total. The van der Waals surface area contributed by atoms with Crippen LogP contribution in [0.1, 0.15) is 28.8 Å². The van der Waals surface area contributed by atoms with Crippen LogP contribution in [0.3, 0.4) is 0 Å². The molecule has 6 rings (SSSR count). The molecule has 9 heteroatoms. The summed E-state index contributed by atoms with van der Waals surface area (Å²) in [5, 5.41) is 9.71. The largest absolute Gasteiger partial charge is 0.497 e. The second kappa shape index (κ2) is 8.93. The average Bonchev–Trinajstić information content (AvgIpc) is 3.31. The first kappa shape index (κ1) is 22.5. The molecule has 176 valence electrons. The van der Waals surface area contributed by atoms with Crippen LogP contribution in [0.2, 0.25) is 5.02 Å². The van der Waals surface area contributed by atoms with Crippen molar-refractivity contribution in [2.24, 2.45) is 0 Å². The number of nitrogens with zero attached hydrogens (tertiary/aromatic N) is 3. The van der Waals surface area contributed by atoms with Gasteiger partial charge in [-0.1, -0.05) is 63.6 Å². The van der Waals surface area contributed by atoms with Gasteiger partial charge in [-0.2, -0.15) is 4.98 Å². The molecule has 0 saturated carbocycles. The average molecular weight is 568 g/mol. The topological polar surface area (TPSA) is 61.2 Å². The Balaban J connectivity index is 1.62. The Morgan fingerprint density at radius 1 is 1.06 bits per heavy atom. The number of benzene rings is 3. The van der Waals surface area contributed by atoms with Gasteiger partial charge < -0.3 is 14.8 Å². The lowest BCUT2D eigenvalue weighted by Gasteiger charge is -2.39. The summed E-state index contributed by atoms with van der Waals surface area (Å²) in [5.74, 6) is 2.23. The first-order valence-corrected chi connectivity index (χ1v) is 13.3. The molecule has 0 amide bonds. The van der Waals surface area contributed by atoms with Gasteiger partial charge in [0.15, 0.2) is 0 Å². The molecule has 0 bridgehead atoms. The van der Waals surface area contributed by atoms with Crippen LogP contribution in [0, 0.1) is 0 Å². The summed E-state index contributed by atoms with van der Waals surface area (Å²) in [6.07, 6.45) is 1.63. The second-order valence-electron chi connectivity index (χ2n) is 8.19. The Hall–Kier alpha value is -2.94. The maximum atomic E-state index is 6.66. The van der Waals surface area contributed by atoms with E-state index < -0.39 is 0 Å². The van der Waals surface area contributed by atoms with Gasteiger partial charge >= 0.3 is 0 Å². The van der Waals surface area contributed by atoms with Gasteiger partial charge in [0.25, 0.3) is 0 Å². The molecule has 2 atom stereocenters. The molecular formula is C26H20BrClN4O2S. The molecule has 0 saturated heterocycles. The van der Waals surface area contributed by atoms with E-state index in [-0.39, 0.29) is 12.1 Å². The predicted octanol–water partition coefficient (Wildman–Crippen LogP) is 6.98. The summed E-state index contributed by atoms with van der Waals surface area (Å²) in [6.45, 7) is 0. The van der Waals surface area contributed by atoms with Gasteiger partial charge in [0.2, 0.25) is 11.1 Å². The Labute approximate surface area is 220 Å². The van der Waals surface area contributed by atoms with Crippen molar-refractivity contribution in [1.29, 1.82) is 0 Å². The standard InChI is InChI=1S/C26H20BrClN4O2S/c1-33-18-10-5-14(6-11-18)23-21-22(29-25-30-26(35-2)31-32(23)25)19-13-17(28)9-12-20(19)34-24(21)15-3-7-16(27)8-4-15/h3-13,23-24H,1-2H3,(H,29,30,31)/t23-,24+/m1/s1. The summed E-state index contributed by atoms with van der Waals surface area (Å²) in [5.41, 5.74) is 4.97. The van der Waals surface area contributed by atoms with E-state index >= 15 is 0 Å². The van der Waals surface area contributed by atoms with E-state index in [1.54, 1.807) is 7.11 Å². The van der Waals surface area contributed by atoms with E-state index in [2.05, 4.69) is 45.5 Å². The molecule has 0 fully saturated rings. The summed E-state index contributed by atoms with van der Waals surface area (Å²) >= 11 is 11.5. The molecule has 0 spiro atoms. The van der Waals surface area contributed by atoms with Crippen molar-refractivity contribution in [3.8, 4) is 11.5 Å². The van der Waals surface area contributed by atoms with E-state index in [4.69, 9.17) is 31.2 Å². The number of ether oxygens (including phenoxy) is 2. The van der Waals surface area contributed by atoms with Crippen molar-refractivity contribution in [2.75, 3.05) is 18.7 Å². The zero-order chi connectivity index (χ0) is 24.1. The number of methoxy groups -OCH3 is 1. The number of nitrogens with one attached hydrogen (secondary N) is 1. The molecule has 3 aromatic carbocycles. The fraction of sp³-hybridized carbons (Fsp3) is 0.154. The number of hydrogen-bond donors (Lipinski definition) is 1.